The highest BCUT2D eigenvalue weighted by Crippen LogP contribution is 2.36. The van der Waals surface area contributed by atoms with E-state index >= 15 is 0 Å². The van der Waals surface area contributed by atoms with Gasteiger partial charge in [0.05, 0.1) is 5.56 Å². The van der Waals surface area contributed by atoms with E-state index in [1.54, 1.807) is 7.05 Å². The smallest absolute Gasteiger partial charge is 0.358 e. The molecule has 1 rings (SSSR count). The summed E-state index contributed by atoms with van der Waals surface area (Å²) >= 11 is 3.02. The fourth-order valence-electron chi connectivity index (χ4n) is 1.65. The van der Waals surface area contributed by atoms with Crippen molar-refractivity contribution in [2.45, 2.75) is 32.5 Å². The monoisotopic (exact) mass is 353 g/mol. The fraction of sp³-hybridized carbons (Fsp3) is 0.615. The number of pyridine rings is 1. The van der Waals surface area contributed by atoms with E-state index in [2.05, 4.69) is 26.2 Å². The Hall–Kier alpha value is -0.820. The van der Waals surface area contributed by atoms with Crippen LogP contribution in [0.2, 0.25) is 0 Å². The zero-order valence-corrected chi connectivity index (χ0v) is 13.6. The van der Waals surface area contributed by atoms with E-state index in [9.17, 15) is 13.2 Å². The van der Waals surface area contributed by atoms with Gasteiger partial charge in [0, 0.05) is 36.3 Å². The molecule has 0 aromatic carbocycles. The molecular formula is C13H19BrF3N3. The van der Waals surface area contributed by atoms with E-state index in [4.69, 9.17) is 0 Å². The van der Waals surface area contributed by atoms with Gasteiger partial charge in [0.25, 0.3) is 0 Å². The normalized spacial score (nSPS) is 12.6. The molecule has 1 aromatic rings. The predicted octanol–water partition coefficient (Wildman–Crippen LogP) is 3.69. The third-order valence-corrected chi connectivity index (χ3v) is 3.04. The number of nitrogens with one attached hydrogen (secondary N) is 1. The Morgan fingerprint density at radius 1 is 1.30 bits per heavy atom. The Balaban J connectivity index is 2.85. The molecule has 3 nitrogen and oxygen atoms in total. The highest BCUT2D eigenvalue weighted by atomic mass is 79.9. The van der Waals surface area contributed by atoms with Gasteiger partial charge >= 0.3 is 6.18 Å². The van der Waals surface area contributed by atoms with Crippen molar-refractivity contribution in [2.24, 2.45) is 0 Å². The van der Waals surface area contributed by atoms with Gasteiger partial charge in [0.15, 0.2) is 0 Å². The second kappa shape index (κ2) is 6.30. The number of aromatic nitrogens is 1. The second-order valence-electron chi connectivity index (χ2n) is 5.62. The van der Waals surface area contributed by atoms with Crippen LogP contribution in [0.5, 0.6) is 0 Å². The van der Waals surface area contributed by atoms with Crippen LogP contribution in [-0.4, -0.2) is 30.7 Å². The number of anilines is 1. The fourth-order valence-corrected chi connectivity index (χ4v) is 1.98. The van der Waals surface area contributed by atoms with Crippen molar-refractivity contribution in [3.8, 4) is 0 Å². The molecule has 0 aliphatic rings. The maximum absolute atomic E-state index is 13.0. The number of halogens is 4. The van der Waals surface area contributed by atoms with E-state index < -0.39 is 11.7 Å². The standard InChI is InChI=1S/C13H19BrF3N3/c1-12(2,3)19-5-6-20(4)11-10(13(15,16)17)7-9(14)8-18-11/h7-8,19H,5-6H2,1-4H3. The van der Waals surface area contributed by atoms with Gasteiger partial charge in [-0.2, -0.15) is 13.2 Å². The summed E-state index contributed by atoms with van der Waals surface area (Å²) in [6.07, 6.45) is -3.05. The molecule has 20 heavy (non-hydrogen) atoms. The number of alkyl halides is 3. The lowest BCUT2D eigenvalue weighted by Crippen LogP contribution is -2.41. The number of likely N-dealkylation sites (N-methyl/N-ethyl adjacent to an activating group) is 1. The third kappa shape index (κ3) is 5.28. The molecule has 0 aliphatic heterocycles. The van der Waals surface area contributed by atoms with Crippen LogP contribution in [0.15, 0.2) is 16.7 Å². The van der Waals surface area contributed by atoms with Crippen molar-refractivity contribution >= 4 is 21.7 Å². The first-order chi connectivity index (χ1) is 9.00. The summed E-state index contributed by atoms with van der Waals surface area (Å²) in [6.45, 7) is 7.04. The van der Waals surface area contributed by atoms with Gasteiger partial charge < -0.3 is 10.2 Å². The van der Waals surface area contributed by atoms with E-state index in [0.717, 1.165) is 6.07 Å². The van der Waals surface area contributed by atoms with Crippen LogP contribution in [0.4, 0.5) is 19.0 Å². The predicted molar refractivity (Wildman–Crippen MR) is 78.0 cm³/mol. The molecule has 0 bridgehead atoms. The van der Waals surface area contributed by atoms with Gasteiger partial charge in [-0.15, -0.1) is 0 Å². The Kier molecular flexibility index (Phi) is 5.43. The topological polar surface area (TPSA) is 28.2 Å². The number of nitrogens with zero attached hydrogens (tertiary/aromatic N) is 2. The van der Waals surface area contributed by atoms with Crippen LogP contribution in [0.3, 0.4) is 0 Å². The molecule has 0 saturated heterocycles. The van der Waals surface area contributed by atoms with Crippen molar-refractivity contribution in [3.05, 3.63) is 22.3 Å². The van der Waals surface area contributed by atoms with Crippen LogP contribution in [-0.2, 0) is 6.18 Å². The molecule has 0 amide bonds. The first kappa shape index (κ1) is 17.2. The highest BCUT2D eigenvalue weighted by Gasteiger charge is 2.35. The molecule has 0 spiro atoms. The van der Waals surface area contributed by atoms with Crippen molar-refractivity contribution in [1.29, 1.82) is 0 Å². The Labute approximate surface area is 125 Å². The maximum atomic E-state index is 13.0. The molecule has 0 atom stereocenters. The van der Waals surface area contributed by atoms with E-state index in [1.807, 2.05) is 20.8 Å². The first-order valence-corrected chi connectivity index (χ1v) is 6.99. The molecule has 0 aliphatic carbocycles. The zero-order chi connectivity index (χ0) is 15.6. The molecule has 0 unspecified atom stereocenters. The van der Waals surface area contributed by atoms with Crippen molar-refractivity contribution < 1.29 is 13.2 Å². The lowest BCUT2D eigenvalue weighted by Gasteiger charge is -2.25. The Morgan fingerprint density at radius 3 is 2.40 bits per heavy atom. The summed E-state index contributed by atoms with van der Waals surface area (Å²) in [5, 5.41) is 3.23. The van der Waals surface area contributed by atoms with Gasteiger partial charge in [0.2, 0.25) is 0 Å². The zero-order valence-electron chi connectivity index (χ0n) is 12.0. The van der Waals surface area contributed by atoms with Crippen LogP contribution in [0, 0.1) is 0 Å². The quantitative estimate of drug-likeness (QED) is 0.894. The first-order valence-electron chi connectivity index (χ1n) is 6.19. The van der Waals surface area contributed by atoms with Crippen molar-refractivity contribution in [2.75, 3.05) is 25.0 Å². The minimum absolute atomic E-state index is 0.0589. The van der Waals surface area contributed by atoms with Crippen molar-refractivity contribution in [1.82, 2.24) is 10.3 Å². The van der Waals surface area contributed by atoms with E-state index in [0.29, 0.717) is 17.6 Å². The van der Waals surface area contributed by atoms with Crippen LogP contribution in [0.1, 0.15) is 26.3 Å². The molecule has 0 saturated carbocycles. The molecule has 1 aromatic heterocycles. The average Bonchev–Trinajstić information content (AvgIpc) is 2.25. The maximum Gasteiger partial charge on any atom is 0.419 e. The molecule has 1 N–H and O–H groups in total. The minimum atomic E-state index is -4.42. The molecule has 114 valence electrons. The summed E-state index contributed by atoms with van der Waals surface area (Å²) in [4.78, 5) is 5.40. The summed E-state index contributed by atoms with van der Waals surface area (Å²) in [5.74, 6) is -0.0589. The Bertz CT molecular complexity index is 455. The van der Waals surface area contributed by atoms with E-state index in [-0.39, 0.29) is 11.4 Å². The SMILES string of the molecule is CN(CCNC(C)(C)C)c1ncc(Br)cc1C(F)(F)F. The highest BCUT2D eigenvalue weighted by molar-refractivity contribution is 9.10. The van der Waals surface area contributed by atoms with Gasteiger partial charge in [-0.25, -0.2) is 4.98 Å². The summed E-state index contributed by atoms with van der Waals surface area (Å²) in [5.41, 5.74) is -0.800. The van der Waals surface area contributed by atoms with Gasteiger partial charge in [-0.1, -0.05) is 0 Å². The average molecular weight is 354 g/mol. The third-order valence-electron chi connectivity index (χ3n) is 2.60. The van der Waals surface area contributed by atoms with Crippen LogP contribution in [0.25, 0.3) is 0 Å². The Morgan fingerprint density at radius 2 is 1.90 bits per heavy atom. The summed E-state index contributed by atoms with van der Waals surface area (Å²) < 4.78 is 39.3. The molecule has 7 heteroatoms. The van der Waals surface area contributed by atoms with Gasteiger partial charge in [-0.3, -0.25) is 0 Å². The second-order valence-corrected chi connectivity index (χ2v) is 6.54. The lowest BCUT2D eigenvalue weighted by atomic mass is 10.1. The summed E-state index contributed by atoms with van der Waals surface area (Å²) in [7, 11) is 1.61. The van der Waals surface area contributed by atoms with Crippen molar-refractivity contribution in [3.63, 3.8) is 0 Å². The van der Waals surface area contributed by atoms with Gasteiger partial charge in [-0.05, 0) is 42.8 Å². The van der Waals surface area contributed by atoms with Crippen LogP contribution < -0.4 is 10.2 Å². The number of hydrogen-bond donors (Lipinski definition) is 1. The number of rotatable bonds is 4. The minimum Gasteiger partial charge on any atom is -0.358 e. The molecule has 0 fully saturated rings. The number of hydrogen-bond acceptors (Lipinski definition) is 3. The van der Waals surface area contributed by atoms with Crippen LogP contribution >= 0.6 is 15.9 Å². The lowest BCUT2D eigenvalue weighted by molar-refractivity contribution is -0.137. The molecular weight excluding hydrogens is 335 g/mol. The molecule has 1 heterocycles. The van der Waals surface area contributed by atoms with E-state index in [1.165, 1.54) is 11.1 Å². The van der Waals surface area contributed by atoms with Gasteiger partial charge in [0.1, 0.15) is 5.82 Å². The molecule has 0 radical (unpaired) electrons. The summed E-state index contributed by atoms with van der Waals surface area (Å²) in [6, 6.07) is 1.05. The largest absolute Gasteiger partial charge is 0.419 e.